The van der Waals surface area contributed by atoms with Crippen molar-refractivity contribution < 1.29 is 4.79 Å². The van der Waals surface area contributed by atoms with E-state index in [4.69, 9.17) is 16.9 Å². The number of nitrogens with zero attached hydrogens (tertiary/aromatic N) is 1. The number of rotatable bonds is 3. The summed E-state index contributed by atoms with van der Waals surface area (Å²) < 4.78 is 0. The molecule has 4 heteroatoms. The van der Waals surface area contributed by atoms with Crippen molar-refractivity contribution in [2.24, 2.45) is 0 Å². The standard InChI is InChI=1S/C17H11ClN2O/c18-12-6-7-14-13(10-12)16(15(21)8-9-19)17(20-14)11-4-2-1-3-5-11/h1-7,10,20H,8H2. The molecule has 0 amide bonds. The molecule has 0 bridgehead atoms. The maximum absolute atomic E-state index is 12.3. The van der Waals surface area contributed by atoms with Crippen molar-refractivity contribution in [2.75, 3.05) is 0 Å². The van der Waals surface area contributed by atoms with Gasteiger partial charge in [-0.1, -0.05) is 41.9 Å². The Bertz CT molecular complexity index is 860. The molecule has 102 valence electrons. The first-order valence-corrected chi connectivity index (χ1v) is 6.85. The minimum atomic E-state index is -0.204. The smallest absolute Gasteiger partial charge is 0.179 e. The highest BCUT2D eigenvalue weighted by Crippen LogP contribution is 2.32. The van der Waals surface area contributed by atoms with Gasteiger partial charge in [0.1, 0.15) is 0 Å². The highest BCUT2D eigenvalue weighted by Gasteiger charge is 2.19. The molecule has 3 aromatic rings. The first kappa shape index (κ1) is 13.4. The van der Waals surface area contributed by atoms with Crippen LogP contribution < -0.4 is 0 Å². The fourth-order valence-electron chi connectivity index (χ4n) is 2.44. The van der Waals surface area contributed by atoms with Gasteiger partial charge in [0.2, 0.25) is 0 Å². The molecule has 0 saturated carbocycles. The molecule has 0 unspecified atom stereocenters. The summed E-state index contributed by atoms with van der Waals surface area (Å²) in [6.07, 6.45) is -0.153. The fourth-order valence-corrected chi connectivity index (χ4v) is 2.61. The minimum absolute atomic E-state index is 0.153. The number of nitriles is 1. The number of halogens is 1. The summed E-state index contributed by atoms with van der Waals surface area (Å²) in [5, 5.41) is 10.1. The number of hydrogen-bond acceptors (Lipinski definition) is 2. The van der Waals surface area contributed by atoms with Crippen LogP contribution in [0.2, 0.25) is 5.02 Å². The number of aromatic nitrogens is 1. The van der Waals surface area contributed by atoms with Crippen molar-refractivity contribution in [1.29, 1.82) is 5.26 Å². The second-order valence-electron chi connectivity index (χ2n) is 4.69. The molecule has 0 atom stereocenters. The number of hydrogen-bond donors (Lipinski definition) is 1. The van der Waals surface area contributed by atoms with Crippen LogP contribution in [0.1, 0.15) is 16.8 Å². The minimum Gasteiger partial charge on any atom is -0.354 e. The Hall–Kier alpha value is -2.57. The van der Waals surface area contributed by atoms with Crippen LogP contribution in [0.15, 0.2) is 48.5 Å². The normalized spacial score (nSPS) is 10.5. The maximum atomic E-state index is 12.3. The molecule has 2 aromatic carbocycles. The second kappa shape index (κ2) is 5.43. The highest BCUT2D eigenvalue weighted by molar-refractivity contribution is 6.31. The molecule has 3 nitrogen and oxygen atoms in total. The third kappa shape index (κ3) is 2.42. The number of nitrogens with one attached hydrogen (secondary N) is 1. The summed E-state index contributed by atoms with van der Waals surface area (Å²) in [5.74, 6) is -0.204. The van der Waals surface area contributed by atoms with Gasteiger partial charge in [-0.05, 0) is 23.8 Å². The van der Waals surface area contributed by atoms with Crippen LogP contribution in [0.25, 0.3) is 22.2 Å². The molecule has 0 aliphatic heterocycles. The fraction of sp³-hybridized carbons (Fsp3) is 0.0588. The third-order valence-corrected chi connectivity index (χ3v) is 3.58. The second-order valence-corrected chi connectivity index (χ2v) is 5.13. The Labute approximate surface area is 126 Å². The Morgan fingerprint density at radius 1 is 1.19 bits per heavy atom. The van der Waals surface area contributed by atoms with Crippen LogP contribution in [-0.2, 0) is 0 Å². The number of aromatic amines is 1. The van der Waals surface area contributed by atoms with E-state index in [1.165, 1.54) is 0 Å². The third-order valence-electron chi connectivity index (χ3n) is 3.34. The first-order chi connectivity index (χ1) is 10.2. The largest absolute Gasteiger partial charge is 0.354 e. The van der Waals surface area contributed by atoms with Crippen molar-refractivity contribution in [3.63, 3.8) is 0 Å². The van der Waals surface area contributed by atoms with Gasteiger partial charge in [-0.15, -0.1) is 0 Å². The summed E-state index contributed by atoms with van der Waals surface area (Å²) in [6, 6.07) is 16.9. The van der Waals surface area contributed by atoms with Gasteiger partial charge in [-0.2, -0.15) is 5.26 Å². The zero-order valence-corrected chi connectivity index (χ0v) is 11.8. The summed E-state index contributed by atoms with van der Waals surface area (Å²) in [4.78, 5) is 15.6. The van der Waals surface area contributed by atoms with Crippen LogP contribution in [0.4, 0.5) is 0 Å². The van der Waals surface area contributed by atoms with Crippen LogP contribution >= 0.6 is 11.6 Å². The van der Waals surface area contributed by atoms with Crippen molar-refractivity contribution >= 4 is 28.3 Å². The van der Waals surface area contributed by atoms with Gasteiger partial charge in [-0.3, -0.25) is 4.79 Å². The Morgan fingerprint density at radius 2 is 1.95 bits per heavy atom. The number of H-pyrrole nitrogens is 1. The molecule has 0 fully saturated rings. The van der Waals surface area contributed by atoms with Gasteiger partial charge < -0.3 is 4.98 Å². The van der Waals surface area contributed by atoms with Crippen molar-refractivity contribution in [3.8, 4) is 17.3 Å². The van der Waals surface area contributed by atoms with E-state index in [1.807, 2.05) is 42.5 Å². The van der Waals surface area contributed by atoms with E-state index < -0.39 is 0 Å². The lowest BCUT2D eigenvalue weighted by Gasteiger charge is -2.02. The van der Waals surface area contributed by atoms with Crippen molar-refractivity contribution in [1.82, 2.24) is 4.98 Å². The van der Waals surface area contributed by atoms with E-state index in [2.05, 4.69) is 4.98 Å². The van der Waals surface area contributed by atoms with E-state index in [0.29, 0.717) is 10.6 Å². The van der Waals surface area contributed by atoms with Crippen LogP contribution in [0.3, 0.4) is 0 Å². The first-order valence-electron chi connectivity index (χ1n) is 6.47. The molecule has 0 spiro atoms. The average molecular weight is 295 g/mol. The number of carbonyl (C=O) groups excluding carboxylic acids is 1. The van der Waals surface area contributed by atoms with Crippen molar-refractivity contribution in [2.45, 2.75) is 6.42 Å². The van der Waals surface area contributed by atoms with Gasteiger partial charge in [0, 0.05) is 15.9 Å². The molecular weight excluding hydrogens is 284 g/mol. The molecule has 0 radical (unpaired) electrons. The Morgan fingerprint density at radius 3 is 2.67 bits per heavy atom. The van der Waals surface area contributed by atoms with E-state index in [9.17, 15) is 4.79 Å². The molecule has 1 aromatic heterocycles. The lowest BCUT2D eigenvalue weighted by Crippen LogP contribution is -1.98. The van der Waals surface area contributed by atoms with Crippen LogP contribution in [0, 0.1) is 11.3 Å². The molecular formula is C17H11ClN2O. The molecule has 0 aliphatic rings. The summed E-state index contributed by atoms with van der Waals surface area (Å²) in [6.45, 7) is 0. The Kier molecular flexibility index (Phi) is 3.47. The molecule has 21 heavy (non-hydrogen) atoms. The van der Waals surface area contributed by atoms with E-state index in [0.717, 1.165) is 22.2 Å². The number of benzene rings is 2. The SMILES string of the molecule is N#CCC(=O)c1c(-c2ccccc2)[nH]c2ccc(Cl)cc12. The van der Waals surface area contributed by atoms with Gasteiger partial charge in [0.15, 0.2) is 5.78 Å². The quantitative estimate of drug-likeness (QED) is 0.719. The number of Topliss-reactive ketones (excluding diaryl/α,β-unsaturated/α-hetero) is 1. The van der Waals surface area contributed by atoms with Crippen molar-refractivity contribution in [3.05, 3.63) is 59.1 Å². The highest BCUT2D eigenvalue weighted by atomic mass is 35.5. The predicted octanol–water partition coefficient (Wildman–Crippen LogP) is 4.58. The lowest BCUT2D eigenvalue weighted by molar-refractivity contribution is 0.1000. The maximum Gasteiger partial charge on any atom is 0.179 e. The zero-order chi connectivity index (χ0) is 14.8. The van der Waals surface area contributed by atoms with Crippen LogP contribution in [0.5, 0.6) is 0 Å². The zero-order valence-electron chi connectivity index (χ0n) is 11.1. The Balaban J connectivity index is 2.31. The van der Waals surface area contributed by atoms with E-state index in [-0.39, 0.29) is 12.2 Å². The monoisotopic (exact) mass is 294 g/mol. The topological polar surface area (TPSA) is 56.6 Å². The van der Waals surface area contributed by atoms with E-state index >= 15 is 0 Å². The molecule has 3 rings (SSSR count). The predicted molar refractivity (Wildman–Crippen MR) is 83.3 cm³/mol. The van der Waals surface area contributed by atoms with Gasteiger partial charge >= 0.3 is 0 Å². The summed E-state index contributed by atoms with van der Waals surface area (Å²) >= 11 is 6.04. The number of carbonyl (C=O) groups is 1. The molecule has 1 heterocycles. The van der Waals surface area contributed by atoms with Gasteiger partial charge in [0.05, 0.1) is 23.7 Å². The summed E-state index contributed by atoms with van der Waals surface area (Å²) in [7, 11) is 0. The average Bonchev–Trinajstić information content (AvgIpc) is 2.87. The number of ketones is 1. The molecule has 0 aliphatic carbocycles. The van der Waals surface area contributed by atoms with Gasteiger partial charge in [-0.25, -0.2) is 0 Å². The van der Waals surface area contributed by atoms with Crippen LogP contribution in [-0.4, -0.2) is 10.8 Å². The van der Waals surface area contributed by atoms with Gasteiger partial charge in [0.25, 0.3) is 0 Å². The lowest BCUT2D eigenvalue weighted by atomic mass is 10.0. The summed E-state index contributed by atoms with van der Waals surface area (Å²) in [5.41, 5.74) is 3.00. The molecule has 0 saturated heterocycles. The number of fused-ring (bicyclic) bond motifs is 1. The molecule has 1 N–H and O–H groups in total. The van der Waals surface area contributed by atoms with E-state index in [1.54, 1.807) is 12.1 Å².